The van der Waals surface area contributed by atoms with Crippen molar-refractivity contribution in [3.63, 3.8) is 0 Å². The van der Waals surface area contributed by atoms with Gasteiger partial charge in [-0.15, -0.1) is 0 Å². The molecule has 1 saturated heterocycles. The van der Waals surface area contributed by atoms with E-state index in [1.54, 1.807) is 13.3 Å². The summed E-state index contributed by atoms with van der Waals surface area (Å²) in [6.07, 6.45) is 5.18. The number of carbonyl (C=O) groups excluding carboxylic acids is 1. The smallest absolute Gasteiger partial charge is 0.257 e. The zero-order chi connectivity index (χ0) is 14.8. The standard InChI is InChI=1S/C15H23N3O3/c1-10-12(8-16-17-10)15(19)18-6-7-21-9-13(18)11-4-3-5-14(11)20-2/h8,11,13-14H,3-7,9H2,1-2H3,(H,16,17)/t11-,13-,14-/m1/s1. The quantitative estimate of drug-likeness (QED) is 0.914. The van der Waals surface area contributed by atoms with Gasteiger partial charge < -0.3 is 14.4 Å². The second kappa shape index (κ2) is 6.15. The van der Waals surface area contributed by atoms with Crippen molar-refractivity contribution in [2.24, 2.45) is 5.92 Å². The Balaban J connectivity index is 1.81. The van der Waals surface area contributed by atoms with Gasteiger partial charge in [-0.1, -0.05) is 6.42 Å². The lowest BCUT2D eigenvalue weighted by Gasteiger charge is -2.40. The SMILES string of the molecule is CO[C@@H]1CCC[C@@H]1[C@H]1COCCN1C(=O)c1cn[nH]c1C. The third-order valence-corrected chi connectivity index (χ3v) is 4.79. The molecule has 6 heteroatoms. The Morgan fingerprint density at radius 3 is 3.10 bits per heavy atom. The Bertz CT molecular complexity index is 502. The summed E-state index contributed by atoms with van der Waals surface area (Å²) in [6, 6.07) is 0.105. The molecule has 3 rings (SSSR count). The summed E-state index contributed by atoms with van der Waals surface area (Å²) < 4.78 is 11.2. The molecule has 0 unspecified atom stereocenters. The van der Waals surface area contributed by atoms with Crippen LogP contribution in [0.3, 0.4) is 0 Å². The van der Waals surface area contributed by atoms with Gasteiger partial charge in [-0.2, -0.15) is 5.10 Å². The number of methoxy groups -OCH3 is 1. The maximum atomic E-state index is 12.8. The first kappa shape index (κ1) is 14.5. The molecule has 1 amide bonds. The summed E-state index contributed by atoms with van der Waals surface area (Å²) in [5, 5.41) is 6.80. The Kier molecular flexibility index (Phi) is 4.26. The van der Waals surface area contributed by atoms with Gasteiger partial charge in [0.2, 0.25) is 0 Å². The highest BCUT2D eigenvalue weighted by Gasteiger charge is 2.40. The number of aromatic nitrogens is 2. The number of morpholine rings is 1. The van der Waals surface area contributed by atoms with Crippen molar-refractivity contribution in [2.45, 2.75) is 38.3 Å². The molecule has 2 fully saturated rings. The van der Waals surface area contributed by atoms with Gasteiger partial charge >= 0.3 is 0 Å². The molecule has 2 heterocycles. The zero-order valence-corrected chi connectivity index (χ0v) is 12.7. The number of aromatic amines is 1. The van der Waals surface area contributed by atoms with E-state index in [9.17, 15) is 4.79 Å². The second-order valence-corrected chi connectivity index (χ2v) is 5.92. The molecular weight excluding hydrogens is 270 g/mol. The summed E-state index contributed by atoms with van der Waals surface area (Å²) >= 11 is 0. The summed E-state index contributed by atoms with van der Waals surface area (Å²) in [6.45, 7) is 3.72. The Labute approximate surface area is 124 Å². The fraction of sp³-hybridized carbons (Fsp3) is 0.733. The summed E-state index contributed by atoms with van der Waals surface area (Å²) in [5.74, 6) is 0.419. The van der Waals surface area contributed by atoms with Crippen molar-refractivity contribution < 1.29 is 14.3 Å². The normalized spacial score (nSPS) is 29.8. The molecule has 0 aromatic carbocycles. The van der Waals surface area contributed by atoms with Crippen LogP contribution in [-0.2, 0) is 9.47 Å². The van der Waals surface area contributed by atoms with Gasteiger partial charge in [-0.25, -0.2) is 0 Å². The van der Waals surface area contributed by atoms with Gasteiger partial charge in [0.15, 0.2) is 0 Å². The van der Waals surface area contributed by atoms with E-state index >= 15 is 0 Å². The second-order valence-electron chi connectivity index (χ2n) is 5.92. The van der Waals surface area contributed by atoms with Crippen molar-refractivity contribution in [3.05, 3.63) is 17.5 Å². The lowest BCUT2D eigenvalue weighted by Crippen LogP contribution is -2.53. The van der Waals surface area contributed by atoms with E-state index in [2.05, 4.69) is 10.2 Å². The molecule has 6 nitrogen and oxygen atoms in total. The highest BCUT2D eigenvalue weighted by molar-refractivity contribution is 5.95. The van der Waals surface area contributed by atoms with Crippen molar-refractivity contribution in [2.75, 3.05) is 26.9 Å². The Hall–Kier alpha value is -1.40. The monoisotopic (exact) mass is 293 g/mol. The number of nitrogens with one attached hydrogen (secondary N) is 1. The fourth-order valence-electron chi connectivity index (χ4n) is 3.64. The third kappa shape index (κ3) is 2.70. The third-order valence-electron chi connectivity index (χ3n) is 4.79. The molecule has 0 spiro atoms. The maximum Gasteiger partial charge on any atom is 0.257 e. The van der Waals surface area contributed by atoms with E-state index in [4.69, 9.17) is 9.47 Å². The van der Waals surface area contributed by atoms with Crippen LogP contribution in [0.15, 0.2) is 6.20 Å². The lowest BCUT2D eigenvalue weighted by molar-refractivity contribution is -0.0460. The molecule has 1 saturated carbocycles. The number of aryl methyl sites for hydroxylation is 1. The minimum atomic E-state index is 0.0521. The molecule has 1 aliphatic carbocycles. The predicted molar refractivity (Wildman–Crippen MR) is 77.1 cm³/mol. The molecule has 1 aliphatic heterocycles. The lowest BCUT2D eigenvalue weighted by atomic mass is 9.93. The van der Waals surface area contributed by atoms with Crippen LogP contribution in [0.2, 0.25) is 0 Å². The van der Waals surface area contributed by atoms with E-state index in [0.29, 0.717) is 31.2 Å². The van der Waals surface area contributed by atoms with Crippen molar-refractivity contribution in [1.29, 1.82) is 0 Å². The molecule has 0 radical (unpaired) electrons. The van der Waals surface area contributed by atoms with Crippen LogP contribution >= 0.6 is 0 Å². The van der Waals surface area contributed by atoms with Crippen LogP contribution in [-0.4, -0.2) is 60.0 Å². The number of rotatable bonds is 3. The Morgan fingerprint density at radius 1 is 1.52 bits per heavy atom. The molecule has 1 aromatic heterocycles. The molecule has 116 valence electrons. The number of hydrogen-bond donors (Lipinski definition) is 1. The van der Waals surface area contributed by atoms with Crippen LogP contribution in [0.5, 0.6) is 0 Å². The largest absolute Gasteiger partial charge is 0.381 e. The molecule has 1 N–H and O–H groups in total. The summed E-state index contributed by atoms with van der Waals surface area (Å²) in [5.41, 5.74) is 1.48. The van der Waals surface area contributed by atoms with E-state index in [1.165, 1.54) is 0 Å². The average Bonchev–Trinajstić information content (AvgIpc) is 3.14. The van der Waals surface area contributed by atoms with Gasteiger partial charge in [-0.05, 0) is 19.8 Å². The van der Waals surface area contributed by atoms with E-state index in [-0.39, 0.29) is 18.1 Å². The van der Waals surface area contributed by atoms with E-state index in [1.807, 2.05) is 11.8 Å². The van der Waals surface area contributed by atoms with Gasteiger partial charge in [0.25, 0.3) is 5.91 Å². The van der Waals surface area contributed by atoms with Gasteiger partial charge in [-0.3, -0.25) is 9.89 Å². The minimum Gasteiger partial charge on any atom is -0.381 e. The number of hydrogen-bond acceptors (Lipinski definition) is 4. The molecular formula is C15H23N3O3. The van der Waals surface area contributed by atoms with Crippen LogP contribution in [0.4, 0.5) is 0 Å². The van der Waals surface area contributed by atoms with Crippen LogP contribution < -0.4 is 0 Å². The number of carbonyl (C=O) groups is 1. The highest BCUT2D eigenvalue weighted by Crippen LogP contribution is 2.34. The first-order chi connectivity index (χ1) is 10.2. The molecule has 1 aromatic rings. The van der Waals surface area contributed by atoms with Crippen molar-refractivity contribution in [3.8, 4) is 0 Å². The van der Waals surface area contributed by atoms with Crippen LogP contribution in [0.1, 0.15) is 35.3 Å². The average molecular weight is 293 g/mol. The van der Waals surface area contributed by atoms with Crippen molar-refractivity contribution >= 4 is 5.91 Å². The number of ether oxygens (including phenoxy) is 2. The summed E-state index contributed by atoms with van der Waals surface area (Å²) in [7, 11) is 1.76. The van der Waals surface area contributed by atoms with Crippen LogP contribution in [0, 0.1) is 12.8 Å². The van der Waals surface area contributed by atoms with E-state index < -0.39 is 0 Å². The van der Waals surface area contributed by atoms with Gasteiger partial charge in [0.1, 0.15) is 0 Å². The summed E-state index contributed by atoms with van der Waals surface area (Å²) in [4.78, 5) is 14.8. The molecule has 2 aliphatic rings. The Morgan fingerprint density at radius 2 is 2.38 bits per heavy atom. The number of H-pyrrole nitrogens is 1. The first-order valence-electron chi connectivity index (χ1n) is 7.64. The van der Waals surface area contributed by atoms with Crippen LogP contribution in [0.25, 0.3) is 0 Å². The van der Waals surface area contributed by atoms with Gasteiger partial charge in [0.05, 0.1) is 37.1 Å². The van der Waals surface area contributed by atoms with Gasteiger partial charge in [0, 0.05) is 25.3 Å². The minimum absolute atomic E-state index is 0.0521. The molecule has 3 atom stereocenters. The predicted octanol–water partition coefficient (Wildman–Crippen LogP) is 1.37. The van der Waals surface area contributed by atoms with Crippen molar-refractivity contribution in [1.82, 2.24) is 15.1 Å². The number of nitrogens with zero attached hydrogens (tertiary/aromatic N) is 2. The zero-order valence-electron chi connectivity index (χ0n) is 12.7. The number of amides is 1. The topological polar surface area (TPSA) is 67.5 Å². The maximum absolute atomic E-state index is 12.8. The van der Waals surface area contributed by atoms with E-state index in [0.717, 1.165) is 25.0 Å². The molecule has 21 heavy (non-hydrogen) atoms. The highest BCUT2D eigenvalue weighted by atomic mass is 16.5. The first-order valence-corrected chi connectivity index (χ1v) is 7.64. The fourth-order valence-corrected chi connectivity index (χ4v) is 3.64. The molecule has 0 bridgehead atoms.